The van der Waals surface area contributed by atoms with Gasteiger partial charge in [0, 0.05) is 5.54 Å². The molecule has 0 radical (unpaired) electrons. The first kappa shape index (κ1) is 17.4. The Morgan fingerprint density at radius 3 is 2.11 bits per heavy atom. The highest BCUT2D eigenvalue weighted by atomic mass is 16.5. The third kappa shape index (κ3) is 10.0. The molecule has 0 saturated heterocycles. The number of amides is 3. The Hall–Kier alpha value is -1.63. The van der Waals surface area contributed by atoms with Gasteiger partial charge in [-0.15, -0.1) is 0 Å². The van der Waals surface area contributed by atoms with Crippen LogP contribution in [0.3, 0.4) is 0 Å². The molecule has 0 aliphatic heterocycles. The Morgan fingerprint density at radius 2 is 1.63 bits per heavy atom. The monoisotopic (exact) mass is 273 g/mol. The molecule has 0 saturated carbocycles. The molecule has 0 spiro atoms. The summed E-state index contributed by atoms with van der Waals surface area (Å²) in [4.78, 5) is 35.5. The van der Waals surface area contributed by atoms with Crippen molar-refractivity contribution < 1.29 is 19.1 Å². The third-order valence-electron chi connectivity index (χ3n) is 1.86. The van der Waals surface area contributed by atoms with Crippen molar-refractivity contribution >= 4 is 17.9 Å². The first-order valence-electron chi connectivity index (χ1n) is 6.10. The van der Waals surface area contributed by atoms with E-state index in [0.717, 1.165) is 0 Å². The molecule has 7 nitrogen and oxygen atoms in total. The number of ether oxygens (including phenoxy) is 1. The van der Waals surface area contributed by atoms with E-state index >= 15 is 0 Å². The quantitative estimate of drug-likeness (QED) is 0.742. The predicted octanol–water partition coefficient (Wildman–Crippen LogP) is 0.106. The second kappa shape index (κ2) is 7.73. The minimum atomic E-state index is -0.778. The molecule has 0 unspecified atom stereocenters. The molecule has 0 heterocycles. The van der Waals surface area contributed by atoms with Crippen LogP contribution >= 0.6 is 0 Å². The summed E-state index contributed by atoms with van der Waals surface area (Å²) in [6, 6.07) is 0. The van der Waals surface area contributed by atoms with Crippen molar-refractivity contribution in [2.75, 3.05) is 26.7 Å². The number of carbonyl (C=O) groups is 3. The number of rotatable bonds is 5. The van der Waals surface area contributed by atoms with Crippen LogP contribution in [0.5, 0.6) is 0 Å². The van der Waals surface area contributed by atoms with Crippen LogP contribution in [0.15, 0.2) is 0 Å². The number of alkyl carbamates (subject to hydrolysis) is 1. The van der Waals surface area contributed by atoms with Crippen molar-refractivity contribution in [3.63, 3.8) is 0 Å². The van der Waals surface area contributed by atoms with Crippen LogP contribution in [0.25, 0.3) is 0 Å². The average Bonchev–Trinajstić information content (AvgIpc) is 2.12. The maximum atomic E-state index is 11.6. The molecule has 110 valence electrons. The zero-order valence-electron chi connectivity index (χ0n) is 12.2. The fraction of sp³-hybridized carbons (Fsp3) is 0.750. The summed E-state index contributed by atoms with van der Waals surface area (Å²) in [5.74, 6) is -0.691. The Morgan fingerprint density at radius 1 is 1.11 bits per heavy atom. The van der Waals surface area contributed by atoms with E-state index < -0.39 is 12.0 Å². The maximum absolute atomic E-state index is 11.6. The fourth-order valence-electron chi connectivity index (χ4n) is 1.32. The van der Waals surface area contributed by atoms with Gasteiger partial charge >= 0.3 is 6.09 Å². The molecule has 0 fully saturated rings. The molecular weight excluding hydrogens is 250 g/mol. The SMILES string of the molecule is CCOC(=O)NC(=O)CN(C)CC(=O)NC(C)(C)C. The number of likely N-dealkylation sites (N-methyl/N-ethyl adjacent to an activating group) is 1. The van der Waals surface area contributed by atoms with Crippen LogP contribution in [-0.4, -0.2) is 55.1 Å². The zero-order chi connectivity index (χ0) is 15.1. The van der Waals surface area contributed by atoms with E-state index in [1.807, 2.05) is 20.8 Å². The van der Waals surface area contributed by atoms with Crippen LogP contribution in [-0.2, 0) is 14.3 Å². The molecule has 7 heteroatoms. The van der Waals surface area contributed by atoms with E-state index in [4.69, 9.17) is 0 Å². The van der Waals surface area contributed by atoms with Gasteiger partial charge in [-0.05, 0) is 34.7 Å². The molecule has 0 aliphatic rings. The minimum absolute atomic E-state index is 0.0591. The van der Waals surface area contributed by atoms with Gasteiger partial charge in [-0.3, -0.25) is 19.8 Å². The minimum Gasteiger partial charge on any atom is -0.450 e. The van der Waals surface area contributed by atoms with Gasteiger partial charge in [-0.2, -0.15) is 0 Å². The van der Waals surface area contributed by atoms with Crippen molar-refractivity contribution in [1.29, 1.82) is 0 Å². The van der Waals surface area contributed by atoms with E-state index in [1.165, 1.54) is 4.90 Å². The number of nitrogens with zero attached hydrogens (tertiary/aromatic N) is 1. The molecule has 0 aromatic rings. The molecule has 0 aliphatic carbocycles. The molecule has 0 aromatic heterocycles. The second-order valence-electron chi connectivity index (χ2n) is 5.24. The average molecular weight is 273 g/mol. The topological polar surface area (TPSA) is 87.7 Å². The lowest BCUT2D eigenvalue weighted by molar-refractivity contribution is -0.125. The van der Waals surface area contributed by atoms with E-state index in [2.05, 4.69) is 15.4 Å². The summed E-state index contributed by atoms with van der Waals surface area (Å²) in [5.41, 5.74) is -0.314. The zero-order valence-corrected chi connectivity index (χ0v) is 12.2. The Balaban J connectivity index is 4.03. The van der Waals surface area contributed by atoms with Gasteiger partial charge in [0.25, 0.3) is 0 Å². The highest BCUT2D eigenvalue weighted by molar-refractivity contribution is 5.93. The molecule has 0 rings (SSSR count). The summed E-state index contributed by atoms with van der Waals surface area (Å²) in [5, 5.41) is 4.84. The predicted molar refractivity (Wildman–Crippen MR) is 70.6 cm³/mol. The van der Waals surface area contributed by atoms with E-state index in [9.17, 15) is 14.4 Å². The van der Waals surface area contributed by atoms with Gasteiger partial charge in [0.1, 0.15) is 0 Å². The van der Waals surface area contributed by atoms with Crippen LogP contribution in [0, 0.1) is 0 Å². The molecule has 0 atom stereocenters. The van der Waals surface area contributed by atoms with Crippen LogP contribution < -0.4 is 10.6 Å². The van der Waals surface area contributed by atoms with Gasteiger partial charge in [-0.25, -0.2) is 4.79 Å². The van der Waals surface area contributed by atoms with Crippen molar-refractivity contribution in [3.8, 4) is 0 Å². The molecule has 2 N–H and O–H groups in total. The lowest BCUT2D eigenvalue weighted by atomic mass is 10.1. The van der Waals surface area contributed by atoms with Gasteiger partial charge in [-0.1, -0.05) is 0 Å². The van der Waals surface area contributed by atoms with Gasteiger partial charge in [0.05, 0.1) is 19.7 Å². The Kier molecular flexibility index (Phi) is 7.06. The lowest BCUT2D eigenvalue weighted by Gasteiger charge is -2.23. The van der Waals surface area contributed by atoms with Crippen LogP contribution in [0.2, 0.25) is 0 Å². The van der Waals surface area contributed by atoms with Gasteiger partial charge in [0.15, 0.2) is 0 Å². The highest BCUT2D eigenvalue weighted by Crippen LogP contribution is 1.98. The highest BCUT2D eigenvalue weighted by Gasteiger charge is 2.17. The molecule has 3 amide bonds. The first-order chi connectivity index (χ1) is 8.64. The first-order valence-corrected chi connectivity index (χ1v) is 6.10. The summed E-state index contributed by atoms with van der Waals surface area (Å²) < 4.78 is 4.57. The molecule has 0 aromatic carbocycles. The smallest absolute Gasteiger partial charge is 0.413 e. The van der Waals surface area contributed by atoms with Gasteiger partial charge < -0.3 is 10.1 Å². The van der Waals surface area contributed by atoms with Crippen molar-refractivity contribution in [2.24, 2.45) is 0 Å². The summed E-state index contributed by atoms with van der Waals surface area (Å²) in [6.07, 6.45) is -0.778. The molecular formula is C12H23N3O4. The lowest BCUT2D eigenvalue weighted by Crippen LogP contribution is -2.47. The Labute approximate surface area is 113 Å². The summed E-state index contributed by atoms with van der Waals surface area (Å²) >= 11 is 0. The standard InChI is InChI=1S/C12H23N3O4/c1-6-19-11(18)13-9(16)7-15(5)8-10(17)14-12(2,3)4/h6-8H2,1-5H3,(H,14,17)(H,13,16,18). The van der Waals surface area contributed by atoms with Crippen molar-refractivity contribution in [1.82, 2.24) is 15.5 Å². The largest absolute Gasteiger partial charge is 0.450 e. The second-order valence-corrected chi connectivity index (χ2v) is 5.24. The number of nitrogens with one attached hydrogen (secondary N) is 2. The van der Waals surface area contributed by atoms with E-state index in [-0.39, 0.29) is 31.1 Å². The Bertz CT molecular complexity index is 336. The van der Waals surface area contributed by atoms with Crippen LogP contribution in [0.1, 0.15) is 27.7 Å². The third-order valence-corrected chi connectivity index (χ3v) is 1.86. The van der Waals surface area contributed by atoms with Crippen molar-refractivity contribution in [3.05, 3.63) is 0 Å². The number of hydrogen-bond acceptors (Lipinski definition) is 5. The van der Waals surface area contributed by atoms with Crippen LogP contribution in [0.4, 0.5) is 4.79 Å². The fourth-order valence-corrected chi connectivity index (χ4v) is 1.32. The molecule has 19 heavy (non-hydrogen) atoms. The maximum Gasteiger partial charge on any atom is 0.413 e. The summed E-state index contributed by atoms with van der Waals surface area (Å²) in [7, 11) is 1.62. The number of hydrogen-bond donors (Lipinski definition) is 2. The summed E-state index contributed by atoms with van der Waals surface area (Å²) in [6.45, 7) is 7.48. The van der Waals surface area contributed by atoms with E-state index in [1.54, 1.807) is 14.0 Å². The van der Waals surface area contributed by atoms with E-state index in [0.29, 0.717) is 0 Å². The number of imide groups is 1. The van der Waals surface area contributed by atoms with Gasteiger partial charge in [0.2, 0.25) is 11.8 Å². The normalized spacial score (nSPS) is 11.1. The number of carbonyl (C=O) groups excluding carboxylic acids is 3. The molecule has 0 bridgehead atoms. The van der Waals surface area contributed by atoms with Crippen molar-refractivity contribution in [2.45, 2.75) is 33.2 Å².